The van der Waals surface area contributed by atoms with Gasteiger partial charge in [0.2, 0.25) is 0 Å². The molecule has 1 fully saturated rings. The van der Waals surface area contributed by atoms with Crippen molar-refractivity contribution < 1.29 is 18.7 Å². The molecule has 0 bridgehead atoms. The summed E-state index contributed by atoms with van der Waals surface area (Å²) in [6.45, 7) is 10.0. The van der Waals surface area contributed by atoms with Crippen LogP contribution < -0.4 is 4.90 Å². The molecule has 0 unspecified atom stereocenters. The Bertz CT molecular complexity index is 1520. The second-order valence-corrected chi connectivity index (χ2v) is 8.84. The quantitative estimate of drug-likeness (QED) is 0.313. The molecule has 6 nitrogen and oxygen atoms in total. The molecule has 1 saturated heterocycles. The van der Waals surface area contributed by atoms with E-state index in [1.54, 1.807) is 19.1 Å². The SMILES string of the molecule is C=C(F)C(=O)N1CCN(c2nc(C)nc3c(F)c(-c4cc(O)cc5ccccc45)c(Cl)cc23)CC1.CC. The highest BCUT2D eigenvalue weighted by molar-refractivity contribution is 6.35. The highest BCUT2D eigenvalue weighted by atomic mass is 35.5. The number of benzene rings is 3. The molecule has 9 heteroatoms. The molecular weight excluding hydrogens is 498 g/mol. The summed E-state index contributed by atoms with van der Waals surface area (Å²) < 4.78 is 29.3. The fourth-order valence-electron chi connectivity index (χ4n) is 4.57. The van der Waals surface area contributed by atoms with E-state index in [-0.39, 0.29) is 34.9 Å². The van der Waals surface area contributed by atoms with Crippen molar-refractivity contribution in [3.05, 3.63) is 71.5 Å². The van der Waals surface area contributed by atoms with Gasteiger partial charge < -0.3 is 14.9 Å². The fraction of sp³-hybridized carbons (Fsp3) is 0.250. The highest BCUT2D eigenvalue weighted by Gasteiger charge is 2.27. The van der Waals surface area contributed by atoms with Crippen molar-refractivity contribution in [2.75, 3.05) is 31.1 Å². The lowest BCUT2D eigenvalue weighted by Gasteiger charge is -2.35. The number of aromatic hydroxyl groups is 1. The van der Waals surface area contributed by atoms with Crippen LogP contribution in [0.25, 0.3) is 32.8 Å². The number of carbonyl (C=O) groups excluding carboxylic acids is 1. The molecule has 4 aromatic rings. The van der Waals surface area contributed by atoms with Crippen LogP contribution in [0.2, 0.25) is 5.02 Å². The van der Waals surface area contributed by atoms with Gasteiger partial charge in [0.25, 0.3) is 5.91 Å². The number of hydrogen-bond donors (Lipinski definition) is 1. The van der Waals surface area contributed by atoms with Gasteiger partial charge in [-0.15, -0.1) is 0 Å². The standard InChI is InChI=1S/C26H21ClF2N4O2.C2H6/c1-14(28)26(35)33-9-7-32(8-10-33)25-20-13-21(27)22(23(29)24(20)30-15(2)31-25)19-12-17(34)11-16-5-3-4-6-18(16)19;1-2/h3-6,11-13,34H,1,7-10H2,2H3;1-2H3. The number of fused-ring (bicyclic) bond motifs is 2. The summed E-state index contributed by atoms with van der Waals surface area (Å²) in [7, 11) is 0. The van der Waals surface area contributed by atoms with Crippen molar-refractivity contribution >= 4 is 45.0 Å². The zero-order chi connectivity index (χ0) is 26.9. The maximum Gasteiger partial charge on any atom is 0.282 e. The number of hydrogen-bond acceptors (Lipinski definition) is 5. The van der Waals surface area contributed by atoms with Crippen LogP contribution in [0.1, 0.15) is 19.7 Å². The minimum Gasteiger partial charge on any atom is -0.508 e. The normalized spacial score (nSPS) is 13.5. The van der Waals surface area contributed by atoms with Crippen molar-refractivity contribution in [3.63, 3.8) is 0 Å². The van der Waals surface area contributed by atoms with E-state index in [1.165, 1.54) is 11.0 Å². The zero-order valence-electron chi connectivity index (χ0n) is 20.9. The molecule has 0 saturated carbocycles. The molecule has 2 heterocycles. The molecule has 1 N–H and O–H groups in total. The largest absolute Gasteiger partial charge is 0.508 e. The molecule has 0 spiro atoms. The van der Waals surface area contributed by atoms with Crippen molar-refractivity contribution in [2.45, 2.75) is 20.8 Å². The number of aromatic nitrogens is 2. The van der Waals surface area contributed by atoms with Gasteiger partial charge in [-0.05, 0) is 41.5 Å². The number of rotatable bonds is 3. The summed E-state index contributed by atoms with van der Waals surface area (Å²) in [5.41, 5.74) is 0.712. The topological polar surface area (TPSA) is 69.6 Å². The predicted octanol–water partition coefficient (Wildman–Crippen LogP) is 6.41. The summed E-state index contributed by atoms with van der Waals surface area (Å²) >= 11 is 6.65. The molecule has 1 aliphatic rings. The van der Waals surface area contributed by atoms with Crippen LogP contribution in [0.15, 0.2) is 54.9 Å². The van der Waals surface area contributed by atoms with Crippen LogP contribution in [-0.4, -0.2) is 52.1 Å². The molecule has 5 rings (SSSR count). The van der Waals surface area contributed by atoms with Crippen LogP contribution >= 0.6 is 11.6 Å². The average molecular weight is 525 g/mol. The van der Waals surface area contributed by atoms with E-state index >= 15 is 4.39 Å². The minimum absolute atomic E-state index is 0.00259. The van der Waals surface area contributed by atoms with Crippen molar-refractivity contribution in [3.8, 4) is 16.9 Å². The molecule has 192 valence electrons. The molecule has 0 atom stereocenters. The second kappa shape index (κ2) is 10.7. The predicted molar refractivity (Wildman–Crippen MR) is 144 cm³/mol. The first-order valence-electron chi connectivity index (χ1n) is 12.0. The first-order valence-corrected chi connectivity index (χ1v) is 12.4. The summed E-state index contributed by atoms with van der Waals surface area (Å²) in [6, 6.07) is 12.1. The number of anilines is 1. The Hall–Kier alpha value is -3.78. The maximum absolute atomic E-state index is 16.1. The van der Waals surface area contributed by atoms with Gasteiger partial charge >= 0.3 is 0 Å². The monoisotopic (exact) mass is 524 g/mol. The number of piperazine rings is 1. The molecule has 37 heavy (non-hydrogen) atoms. The smallest absolute Gasteiger partial charge is 0.282 e. The van der Waals surface area contributed by atoms with Crippen LogP contribution in [0.3, 0.4) is 0 Å². The number of nitrogens with zero attached hydrogens (tertiary/aromatic N) is 4. The molecule has 1 amide bonds. The van der Waals surface area contributed by atoms with Crippen LogP contribution in [0.5, 0.6) is 5.75 Å². The van der Waals surface area contributed by atoms with Crippen LogP contribution in [0, 0.1) is 12.7 Å². The summed E-state index contributed by atoms with van der Waals surface area (Å²) in [5.74, 6) is -1.48. The van der Waals surface area contributed by atoms with E-state index in [4.69, 9.17) is 11.6 Å². The maximum atomic E-state index is 16.1. The summed E-state index contributed by atoms with van der Waals surface area (Å²) in [5, 5.41) is 12.3. The van der Waals surface area contributed by atoms with Gasteiger partial charge in [-0.3, -0.25) is 4.79 Å². The minimum atomic E-state index is -0.998. The van der Waals surface area contributed by atoms with E-state index in [1.807, 2.05) is 43.0 Å². The number of phenols is 1. The van der Waals surface area contributed by atoms with Gasteiger partial charge in [-0.2, -0.15) is 0 Å². The lowest BCUT2D eigenvalue weighted by molar-refractivity contribution is -0.128. The van der Waals surface area contributed by atoms with Gasteiger partial charge in [0.1, 0.15) is 22.9 Å². The van der Waals surface area contributed by atoms with Gasteiger partial charge in [0, 0.05) is 37.1 Å². The van der Waals surface area contributed by atoms with Gasteiger partial charge in [-0.1, -0.05) is 56.3 Å². The van der Waals surface area contributed by atoms with E-state index in [2.05, 4.69) is 16.5 Å². The first kappa shape index (κ1) is 26.3. The number of carbonyl (C=O) groups is 1. The Morgan fingerprint density at radius 1 is 1.05 bits per heavy atom. The Morgan fingerprint density at radius 2 is 1.73 bits per heavy atom. The zero-order valence-corrected chi connectivity index (χ0v) is 21.6. The third-order valence-corrected chi connectivity index (χ3v) is 6.49. The summed E-state index contributed by atoms with van der Waals surface area (Å²) in [6.07, 6.45) is 0. The first-order chi connectivity index (χ1) is 17.7. The van der Waals surface area contributed by atoms with Crippen LogP contribution in [0.4, 0.5) is 14.6 Å². The second-order valence-electron chi connectivity index (χ2n) is 8.44. The number of phenolic OH excluding ortho intramolecular Hbond substituents is 1. The average Bonchev–Trinajstić information content (AvgIpc) is 2.89. The Morgan fingerprint density at radius 3 is 2.41 bits per heavy atom. The third kappa shape index (κ3) is 4.93. The molecule has 0 aliphatic carbocycles. The van der Waals surface area contributed by atoms with E-state index < -0.39 is 17.6 Å². The number of aryl methyl sites for hydroxylation is 1. The van der Waals surface area contributed by atoms with E-state index in [9.17, 15) is 14.3 Å². The van der Waals surface area contributed by atoms with Crippen molar-refractivity contribution in [1.29, 1.82) is 0 Å². The lowest BCUT2D eigenvalue weighted by Crippen LogP contribution is -2.49. The molecule has 0 radical (unpaired) electrons. The Labute approximate surface area is 218 Å². The van der Waals surface area contributed by atoms with E-state index in [0.717, 1.165) is 10.8 Å². The Balaban J connectivity index is 0.00000156. The van der Waals surface area contributed by atoms with Gasteiger partial charge in [0.15, 0.2) is 11.6 Å². The Kier molecular flexibility index (Phi) is 7.59. The van der Waals surface area contributed by atoms with Gasteiger partial charge in [0.05, 0.1) is 5.02 Å². The highest BCUT2D eigenvalue weighted by Crippen LogP contribution is 2.42. The van der Waals surface area contributed by atoms with Crippen molar-refractivity contribution in [2.24, 2.45) is 0 Å². The number of amides is 1. The lowest BCUT2D eigenvalue weighted by atomic mass is 9.96. The van der Waals surface area contributed by atoms with E-state index in [0.29, 0.717) is 35.7 Å². The third-order valence-electron chi connectivity index (χ3n) is 6.19. The molecule has 3 aromatic carbocycles. The fourth-order valence-corrected chi connectivity index (χ4v) is 4.87. The molecule has 1 aliphatic heterocycles. The van der Waals surface area contributed by atoms with Crippen molar-refractivity contribution in [1.82, 2.24) is 14.9 Å². The molecular formula is C28H27ClF2N4O2. The number of halogens is 3. The van der Waals surface area contributed by atoms with Gasteiger partial charge in [-0.25, -0.2) is 18.7 Å². The summed E-state index contributed by atoms with van der Waals surface area (Å²) in [4.78, 5) is 24.1. The van der Waals surface area contributed by atoms with Crippen LogP contribution in [-0.2, 0) is 4.79 Å². The molecule has 1 aromatic heterocycles.